The van der Waals surface area contributed by atoms with Crippen LogP contribution in [-0.2, 0) is 0 Å². The molecule has 1 fully saturated rings. The predicted octanol–water partition coefficient (Wildman–Crippen LogP) is 6.84. The van der Waals surface area contributed by atoms with Gasteiger partial charge < -0.3 is 5.11 Å². The summed E-state index contributed by atoms with van der Waals surface area (Å²) in [6.07, 6.45) is 6.01. The molecule has 0 saturated heterocycles. The average molecular weight is 462 g/mol. The van der Waals surface area contributed by atoms with Gasteiger partial charge in [0.1, 0.15) is 0 Å². The topological polar surface area (TPSA) is 37.3 Å². The van der Waals surface area contributed by atoms with Crippen molar-refractivity contribution in [2.45, 2.75) is 38.0 Å². The fourth-order valence-corrected chi connectivity index (χ4v) is 6.05. The Kier molecular flexibility index (Phi) is 4.37. The molecule has 1 N–H and O–H groups in total. The van der Waals surface area contributed by atoms with Gasteiger partial charge in [-0.15, -0.1) is 0 Å². The van der Waals surface area contributed by atoms with Crippen molar-refractivity contribution in [3.05, 3.63) is 67.1 Å². The lowest BCUT2D eigenvalue weighted by Crippen LogP contribution is -2.02. The van der Waals surface area contributed by atoms with Crippen molar-refractivity contribution in [1.82, 2.24) is 0 Å². The number of halogens is 2. The van der Waals surface area contributed by atoms with Crippen LogP contribution < -0.4 is 0 Å². The zero-order chi connectivity index (χ0) is 17.7. The summed E-state index contributed by atoms with van der Waals surface area (Å²) in [6.45, 7) is 2.11. The number of fused-ring (bicyclic) bond motifs is 5. The highest BCUT2D eigenvalue weighted by molar-refractivity contribution is 9.11. The number of hydrogen-bond acceptors (Lipinski definition) is 1. The molecule has 4 heteroatoms. The van der Waals surface area contributed by atoms with Crippen LogP contribution in [0.3, 0.4) is 0 Å². The summed E-state index contributed by atoms with van der Waals surface area (Å²) >= 11 is 7.67. The first kappa shape index (κ1) is 17.0. The standard InChI is InChI=1S/C21H18Br2O2/c1-11(8-12-2-4-13(5-3-12)21(24)25)16-10-17(22)18-14-6-7-15(9-14)19(18)20(16)23/h2-5,8,10,14-15H,6-7,9H2,1H3,(H,24,25)/b11-8-. The molecule has 2 atom stereocenters. The third-order valence-electron chi connectivity index (χ3n) is 5.51. The molecule has 25 heavy (non-hydrogen) atoms. The van der Waals surface area contributed by atoms with Crippen LogP contribution in [0.5, 0.6) is 0 Å². The SMILES string of the molecule is C/C(=C/c1ccc(C(=O)O)cc1)c1cc(Br)c2c(c1Br)C1CCC2C1. The van der Waals surface area contributed by atoms with E-state index in [0.29, 0.717) is 17.4 Å². The van der Waals surface area contributed by atoms with Crippen LogP contribution in [0.1, 0.15) is 70.6 Å². The maximum atomic E-state index is 11.0. The molecule has 0 amide bonds. The van der Waals surface area contributed by atoms with Gasteiger partial charge in [0.15, 0.2) is 0 Å². The van der Waals surface area contributed by atoms with E-state index in [9.17, 15) is 4.79 Å². The number of hydrogen-bond donors (Lipinski definition) is 1. The first-order chi connectivity index (χ1) is 12.0. The van der Waals surface area contributed by atoms with Crippen LogP contribution in [0.4, 0.5) is 0 Å². The van der Waals surface area contributed by atoms with Crippen LogP contribution >= 0.6 is 31.9 Å². The molecular weight excluding hydrogens is 444 g/mol. The Morgan fingerprint density at radius 1 is 1.12 bits per heavy atom. The predicted molar refractivity (Wildman–Crippen MR) is 108 cm³/mol. The van der Waals surface area contributed by atoms with Crippen molar-refractivity contribution in [3.63, 3.8) is 0 Å². The van der Waals surface area contributed by atoms with Crippen molar-refractivity contribution >= 4 is 49.5 Å². The second-order valence-corrected chi connectivity index (χ2v) is 8.66. The molecule has 2 aromatic rings. The van der Waals surface area contributed by atoms with Crippen LogP contribution in [0, 0.1) is 0 Å². The highest BCUT2D eigenvalue weighted by Gasteiger charge is 2.40. The Balaban J connectivity index is 1.73. The van der Waals surface area contributed by atoms with Gasteiger partial charge in [-0.1, -0.05) is 34.1 Å². The summed E-state index contributed by atoms with van der Waals surface area (Å²) in [5.41, 5.74) is 6.70. The van der Waals surface area contributed by atoms with Crippen LogP contribution in [-0.4, -0.2) is 11.1 Å². The minimum absolute atomic E-state index is 0.312. The molecular formula is C21H18Br2O2. The maximum absolute atomic E-state index is 11.0. The highest BCUT2D eigenvalue weighted by atomic mass is 79.9. The van der Waals surface area contributed by atoms with E-state index < -0.39 is 5.97 Å². The number of aromatic carboxylic acids is 1. The summed E-state index contributed by atoms with van der Waals surface area (Å²) in [5.74, 6) is 0.508. The summed E-state index contributed by atoms with van der Waals surface area (Å²) in [6, 6.07) is 9.22. The van der Waals surface area contributed by atoms with E-state index in [0.717, 1.165) is 5.56 Å². The van der Waals surface area contributed by atoms with Gasteiger partial charge in [0.05, 0.1) is 5.56 Å². The summed E-state index contributed by atoms with van der Waals surface area (Å²) < 4.78 is 2.45. The first-order valence-electron chi connectivity index (χ1n) is 8.49. The molecule has 2 unspecified atom stereocenters. The Morgan fingerprint density at radius 3 is 2.40 bits per heavy atom. The normalized spacial score (nSPS) is 21.5. The fourth-order valence-electron chi connectivity index (χ4n) is 4.32. The van der Waals surface area contributed by atoms with E-state index in [-0.39, 0.29) is 0 Å². The van der Waals surface area contributed by atoms with Gasteiger partial charge >= 0.3 is 5.97 Å². The Morgan fingerprint density at radius 2 is 1.76 bits per heavy atom. The average Bonchev–Trinajstić information content (AvgIpc) is 3.20. The molecule has 0 radical (unpaired) electrons. The van der Waals surface area contributed by atoms with Crippen LogP contribution in [0.2, 0.25) is 0 Å². The lowest BCUT2D eigenvalue weighted by molar-refractivity contribution is 0.0697. The lowest BCUT2D eigenvalue weighted by Gasteiger charge is -2.21. The molecule has 2 aliphatic rings. The maximum Gasteiger partial charge on any atom is 0.335 e. The molecule has 4 rings (SSSR count). The lowest BCUT2D eigenvalue weighted by atomic mass is 9.89. The Labute approximate surface area is 164 Å². The van der Waals surface area contributed by atoms with E-state index in [2.05, 4.69) is 50.9 Å². The van der Waals surface area contributed by atoms with Gasteiger partial charge in [0.2, 0.25) is 0 Å². The highest BCUT2D eigenvalue weighted by Crippen LogP contribution is 2.58. The van der Waals surface area contributed by atoms with Crippen molar-refractivity contribution < 1.29 is 9.90 Å². The van der Waals surface area contributed by atoms with Gasteiger partial charge in [0, 0.05) is 8.95 Å². The number of allylic oxidation sites excluding steroid dienone is 1. The van der Waals surface area contributed by atoms with Crippen LogP contribution in [0.25, 0.3) is 11.6 Å². The number of carboxylic acids is 1. The second-order valence-electron chi connectivity index (χ2n) is 7.01. The molecule has 0 heterocycles. The van der Waals surface area contributed by atoms with Gasteiger partial charge in [-0.2, -0.15) is 0 Å². The monoisotopic (exact) mass is 460 g/mol. The molecule has 0 aliphatic heterocycles. The third-order valence-corrected chi connectivity index (χ3v) is 7.02. The Hall–Kier alpha value is -1.39. The summed E-state index contributed by atoms with van der Waals surface area (Å²) in [5, 5.41) is 9.02. The summed E-state index contributed by atoms with van der Waals surface area (Å²) in [4.78, 5) is 11.0. The zero-order valence-electron chi connectivity index (χ0n) is 13.9. The van der Waals surface area contributed by atoms with E-state index in [1.807, 2.05) is 12.1 Å². The number of carbonyl (C=O) groups is 1. The van der Waals surface area contributed by atoms with Gasteiger partial charge in [-0.25, -0.2) is 4.79 Å². The zero-order valence-corrected chi connectivity index (χ0v) is 17.0. The molecule has 2 aromatic carbocycles. The molecule has 0 aromatic heterocycles. The number of benzene rings is 2. The largest absolute Gasteiger partial charge is 0.478 e. The van der Waals surface area contributed by atoms with Gasteiger partial charge in [0.25, 0.3) is 0 Å². The minimum Gasteiger partial charge on any atom is -0.478 e. The molecule has 2 aliphatic carbocycles. The van der Waals surface area contributed by atoms with Gasteiger partial charge in [-0.3, -0.25) is 0 Å². The molecule has 128 valence electrons. The van der Waals surface area contributed by atoms with Crippen molar-refractivity contribution in [3.8, 4) is 0 Å². The fraction of sp³-hybridized carbons (Fsp3) is 0.286. The van der Waals surface area contributed by atoms with Crippen molar-refractivity contribution in [1.29, 1.82) is 0 Å². The van der Waals surface area contributed by atoms with E-state index in [1.54, 1.807) is 12.1 Å². The Bertz CT molecular complexity index is 897. The minimum atomic E-state index is -0.896. The summed E-state index contributed by atoms with van der Waals surface area (Å²) in [7, 11) is 0. The van der Waals surface area contributed by atoms with Crippen LogP contribution in [0.15, 0.2) is 39.3 Å². The second kappa shape index (κ2) is 6.40. The van der Waals surface area contributed by atoms with Crippen molar-refractivity contribution in [2.75, 3.05) is 0 Å². The number of carboxylic acid groups (broad SMARTS) is 1. The van der Waals surface area contributed by atoms with E-state index >= 15 is 0 Å². The molecule has 2 bridgehead atoms. The molecule has 2 nitrogen and oxygen atoms in total. The molecule has 1 saturated carbocycles. The van der Waals surface area contributed by atoms with Gasteiger partial charge in [-0.05, 0) is 100.0 Å². The quantitative estimate of drug-likeness (QED) is 0.508. The van der Waals surface area contributed by atoms with E-state index in [4.69, 9.17) is 5.11 Å². The van der Waals surface area contributed by atoms with E-state index in [1.165, 1.54) is 50.5 Å². The smallest absolute Gasteiger partial charge is 0.335 e. The third kappa shape index (κ3) is 2.89. The molecule has 0 spiro atoms. The number of rotatable bonds is 3. The van der Waals surface area contributed by atoms with Crippen molar-refractivity contribution in [2.24, 2.45) is 0 Å². The first-order valence-corrected chi connectivity index (χ1v) is 10.1.